The summed E-state index contributed by atoms with van der Waals surface area (Å²) in [6.07, 6.45) is 6.77. The Bertz CT molecular complexity index is 875. The summed E-state index contributed by atoms with van der Waals surface area (Å²) in [4.78, 5) is 4.59. The van der Waals surface area contributed by atoms with Crippen molar-refractivity contribution in [1.29, 1.82) is 0 Å². The van der Waals surface area contributed by atoms with Crippen LogP contribution in [0.1, 0.15) is 0 Å². The molecule has 0 spiro atoms. The number of nitrogens with zero attached hydrogens (tertiary/aromatic N) is 2. The number of sulfonamides is 1. The average Bonchev–Trinajstić information content (AvgIpc) is 3.14. The molecule has 0 saturated heterocycles. The molecule has 0 aliphatic carbocycles. The van der Waals surface area contributed by atoms with Gasteiger partial charge in [0.1, 0.15) is 10.7 Å². The summed E-state index contributed by atoms with van der Waals surface area (Å²) in [6.45, 7) is 2.06. The van der Waals surface area contributed by atoms with Crippen molar-refractivity contribution in [2.24, 2.45) is 4.99 Å². The fourth-order valence-corrected chi connectivity index (χ4v) is 3.64. The Morgan fingerprint density at radius 3 is 2.95 bits per heavy atom. The predicted molar refractivity (Wildman–Crippen MR) is 86.3 cm³/mol. The highest BCUT2D eigenvalue weighted by Gasteiger charge is 2.21. The zero-order chi connectivity index (χ0) is 15.6. The zero-order valence-corrected chi connectivity index (χ0v) is 12.7. The van der Waals surface area contributed by atoms with Gasteiger partial charge in [0.2, 0.25) is 10.0 Å². The van der Waals surface area contributed by atoms with E-state index >= 15 is 0 Å². The lowest BCUT2D eigenvalue weighted by atomic mass is 10.2. The molecule has 1 aliphatic rings. The maximum absolute atomic E-state index is 12.4. The Hall–Kier alpha value is -2.30. The normalized spacial score (nSPS) is 14.6. The fraction of sp³-hybridized carbons (Fsp3) is 0.267. The summed E-state index contributed by atoms with van der Waals surface area (Å²) >= 11 is 0. The predicted octanol–water partition coefficient (Wildman–Crippen LogP) is 0.554. The topological polar surface area (TPSA) is 75.5 Å². The second-order valence-electron chi connectivity index (χ2n) is 4.92. The summed E-state index contributed by atoms with van der Waals surface area (Å²) in [5.74, 6) is 3.14. The molecule has 3 rings (SSSR count). The van der Waals surface area contributed by atoms with Crippen molar-refractivity contribution in [2.45, 2.75) is 11.4 Å². The van der Waals surface area contributed by atoms with Crippen molar-refractivity contribution >= 4 is 26.8 Å². The van der Waals surface area contributed by atoms with Crippen molar-refractivity contribution in [1.82, 2.24) is 14.6 Å². The third kappa shape index (κ3) is 2.71. The van der Waals surface area contributed by atoms with E-state index in [4.69, 9.17) is 6.42 Å². The van der Waals surface area contributed by atoms with Crippen molar-refractivity contribution in [3.05, 3.63) is 30.5 Å². The molecule has 0 radical (unpaired) electrons. The van der Waals surface area contributed by atoms with Gasteiger partial charge >= 0.3 is 0 Å². The molecule has 6 nitrogen and oxygen atoms in total. The van der Waals surface area contributed by atoms with E-state index in [1.165, 1.54) is 0 Å². The summed E-state index contributed by atoms with van der Waals surface area (Å²) in [7, 11) is -3.64. The minimum absolute atomic E-state index is 0.0316. The van der Waals surface area contributed by atoms with Crippen LogP contribution in [0.2, 0.25) is 0 Å². The maximum atomic E-state index is 12.4. The zero-order valence-electron chi connectivity index (χ0n) is 11.9. The number of amidine groups is 1. The number of aliphatic imine (C=N–C) groups is 1. The Kier molecular flexibility index (Phi) is 3.88. The standard InChI is InChI=1S/C15H16N4O2S/c1-2-7-18-22(20,21)14-10-19(11-15-16-8-9-17-15)13-6-4-3-5-12(13)14/h1,3-6,10,18H,7-9,11H2,(H,16,17). The second kappa shape index (κ2) is 5.83. The van der Waals surface area contributed by atoms with Crippen LogP contribution < -0.4 is 10.0 Å². The van der Waals surface area contributed by atoms with Gasteiger partial charge in [0.25, 0.3) is 0 Å². The molecule has 114 valence electrons. The number of terminal acetylenes is 1. The van der Waals surface area contributed by atoms with E-state index in [0.29, 0.717) is 11.9 Å². The molecule has 7 heteroatoms. The van der Waals surface area contributed by atoms with Crippen LogP contribution in [0.3, 0.4) is 0 Å². The summed E-state index contributed by atoms with van der Waals surface area (Å²) in [5, 5.41) is 3.86. The van der Waals surface area contributed by atoms with Gasteiger partial charge in [0, 0.05) is 23.6 Å². The fourth-order valence-electron chi connectivity index (χ4n) is 2.49. The van der Waals surface area contributed by atoms with Gasteiger partial charge in [-0.05, 0) is 6.07 Å². The monoisotopic (exact) mass is 316 g/mol. The molecule has 0 fully saturated rings. The van der Waals surface area contributed by atoms with Gasteiger partial charge in [-0.15, -0.1) is 6.42 Å². The number of hydrogen-bond donors (Lipinski definition) is 2. The Morgan fingerprint density at radius 1 is 1.41 bits per heavy atom. The Morgan fingerprint density at radius 2 is 2.23 bits per heavy atom. The van der Waals surface area contributed by atoms with Crippen LogP contribution in [0.15, 0.2) is 40.4 Å². The smallest absolute Gasteiger partial charge is 0.243 e. The molecule has 2 aromatic rings. The lowest BCUT2D eigenvalue weighted by Gasteiger charge is -2.05. The molecule has 1 aromatic heterocycles. The number of para-hydroxylation sites is 1. The molecule has 0 unspecified atom stereocenters. The van der Waals surface area contributed by atoms with Crippen molar-refractivity contribution < 1.29 is 8.42 Å². The third-order valence-electron chi connectivity index (χ3n) is 3.47. The lowest BCUT2D eigenvalue weighted by Crippen LogP contribution is -2.24. The van der Waals surface area contributed by atoms with Crippen LogP contribution in [0, 0.1) is 12.3 Å². The number of nitrogens with one attached hydrogen (secondary N) is 2. The van der Waals surface area contributed by atoms with Gasteiger partial charge in [0.15, 0.2) is 0 Å². The Balaban J connectivity index is 2.06. The lowest BCUT2D eigenvalue weighted by molar-refractivity contribution is 0.586. The molecule has 2 N–H and O–H groups in total. The third-order valence-corrected chi connectivity index (χ3v) is 4.90. The van der Waals surface area contributed by atoms with Crippen LogP contribution >= 0.6 is 0 Å². The van der Waals surface area contributed by atoms with E-state index in [0.717, 1.165) is 24.4 Å². The minimum Gasteiger partial charge on any atom is -0.370 e. The van der Waals surface area contributed by atoms with Gasteiger partial charge < -0.3 is 9.88 Å². The summed E-state index contributed by atoms with van der Waals surface area (Å²) in [6, 6.07) is 7.39. The van der Waals surface area contributed by atoms with Crippen LogP contribution in [-0.2, 0) is 16.6 Å². The van der Waals surface area contributed by atoms with E-state index in [2.05, 4.69) is 21.0 Å². The first-order valence-electron chi connectivity index (χ1n) is 6.90. The number of hydrogen-bond acceptors (Lipinski definition) is 4. The average molecular weight is 316 g/mol. The molecule has 0 saturated carbocycles. The van der Waals surface area contributed by atoms with Crippen LogP contribution in [0.5, 0.6) is 0 Å². The Labute approximate surface area is 129 Å². The van der Waals surface area contributed by atoms with E-state index in [-0.39, 0.29) is 11.4 Å². The number of benzene rings is 1. The van der Waals surface area contributed by atoms with E-state index in [9.17, 15) is 8.42 Å². The van der Waals surface area contributed by atoms with E-state index < -0.39 is 10.0 Å². The second-order valence-corrected chi connectivity index (χ2v) is 6.66. The van der Waals surface area contributed by atoms with Gasteiger partial charge in [-0.1, -0.05) is 24.1 Å². The van der Waals surface area contributed by atoms with Gasteiger partial charge in [-0.25, -0.2) is 8.42 Å². The molecule has 0 bridgehead atoms. The van der Waals surface area contributed by atoms with Gasteiger partial charge in [-0.3, -0.25) is 4.99 Å². The van der Waals surface area contributed by atoms with Crippen LogP contribution in [0.4, 0.5) is 0 Å². The van der Waals surface area contributed by atoms with E-state index in [1.54, 1.807) is 12.3 Å². The first-order valence-corrected chi connectivity index (χ1v) is 8.38. The summed E-state index contributed by atoms with van der Waals surface area (Å²) < 4.78 is 29.1. The van der Waals surface area contributed by atoms with Crippen molar-refractivity contribution in [3.8, 4) is 12.3 Å². The first-order chi connectivity index (χ1) is 10.6. The van der Waals surface area contributed by atoms with Crippen LogP contribution in [0.25, 0.3) is 10.9 Å². The quantitative estimate of drug-likeness (QED) is 0.791. The molecule has 1 aliphatic heterocycles. The van der Waals surface area contributed by atoms with Crippen LogP contribution in [-0.4, -0.2) is 38.5 Å². The highest BCUT2D eigenvalue weighted by molar-refractivity contribution is 7.89. The number of fused-ring (bicyclic) bond motifs is 1. The number of aromatic nitrogens is 1. The van der Waals surface area contributed by atoms with Gasteiger partial charge in [0.05, 0.1) is 19.6 Å². The molecule has 1 aromatic carbocycles. The minimum atomic E-state index is -3.64. The first kappa shape index (κ1) is 14.6. The molecule has 0 atom stereocenters. The highest BCUT2D eigenvalue weighted by atomic mass is 32.2. The largest absolute Gasteiger partial charge is 0.370 e. The van der Waals surface area contributed by atoms with Gasteiger partial charge in [-0.2, -0.15) is 4.72 Å². The molecule has 22 heavy (non-hydrogen) atoms. The molecular formula is C15H16N4O2S. The molecular weight excluding hydrogens is 300 g/mol. The van der Waals surface area contributed by atoms with E-state index in [1.807, 2.05) is 22.8 Å². The van der Waals surface area contributed by atoms with Crippen molar-refractivity contribution in [3.63, 3.8) is 0 Å². The summed E-state index contributed by atoms with van der Waals surface area (Å²) in [5.41, 5.74) is 0.847. The maximum Gasteiger partial charge on any atom is 0.243 e. The SMILES string of the molecule is C#CCNS(=O)(=O)c1cn(CC2=NCCN2)c2ccccc12. The van der Waals surface area contributed by atoms with Crippen molar-refractivity contribution in [2.75, 3.05) is 19.6 Å². The highest BCUT2D eigenvalue weighted by Crippen LogP contribution is 2.25. The molecule has 2 heterocycles. The number of rotatable bonds is 5. The molecule has 0 amide bonds.